The van der Waals surface area contributed by atoms with Gasteiger partial charge in [0.25, 0.3) is 11.5 Å². The third-order valence-corrected chi connectivity index (χ3v) is 4.87. The monoisotopic (exact) mass is 356 g/mol. The molecule has 1 aromatic carbocycles. The van der Waals surface area contributed by atoms with Crippen molar-refractivity contribution in [1.29, 1.82) is 0 Å². The van der Waals surface area contributed by atoms with E-state index in [0.29, 0.717) is 17.8 Å². The molecule has 5 nitrogen and oxygen atoms in total. The zero-order valence-corrected chi connectivity index (χ0v) is 14.8. The summed E-state index contributed by atoms with van der Waals surface area (Å²) in [6.07, 6.45) is 2.54. The molecule has 1 amide bonds. The summed E-state index contributed by atoms with van der Waals surface area (Å²) in [5.41, 5.74) is 1.10. The molecule has 0 aliphatic carbocycles. The van der Waals surface area contributed by atoms with E-state index >= 15 is 0 Å². The molecule has 2 aromatic rings. The van der Waals surface area contributed by atoms with Gasteiger partial charge in [-0.05, 0) is 56.9 Å². The van der Waals surface area contributed by atoms with E-state index in [4.69, 9.17) is 0 Å². The maximum Gasteiger partial charge on any atom is 0.261 e. The van der Waals surface area contributed by atoms with Gasteiger partial charge >= 0.3 is 0 Å². The van der Waals surface area contributed by atoms with E-state index in [0.717, 1.165) is 24.8 Å². The second-order valence-electron chi connectivity index (χ2n) is 6.67. The second kappa shape index (κ2) is 7.23. The lowest BCUT2D eigenvalue weighted by atomic mass is 9.94. The molecule has 0 bridgehead atoms. The van der Waals surface area contributed by atoms with Crippen LogP contribution in [0.25, 0.3) is 0 Å². The van der Waals surface area contributed by atoms with Crippen molar-refractivity contribution in [2.45, 2.75) is 39.2 Å². The van der Waals surface area contributed by atoms with Crippen LogP contribution >= 0.6 is 0 Å². The van der Waals surface area contributed by atoms with Crippen LogP contribution in [0, 0.1) is 12.7 Å². The number of carbonyl (C=O) groups is 2. The molecule has 1 N–H and O–H groups in total. The van der Waals surface area contributed by atoms with Gasteiger partial charge in [-0.25, -0.2) is 4.39 Å². The molecule has 1 fully saturated rings. The van der Waals surface area contributed by atoms with E-state index in [1.807, 2.05) is 0 Å². The van der Waals surface area contributed by atoms with Crippen molar-refractivity contribution in [2.24, 2.45) is 0 Å². The molecule has 2 heterocycles. The number of hydrogen-bond acceptors (Lipinski definition) is 3. The summed E-state index contributed by atoms with van der Waals surface area (Å²) >= 11 is 0. The zero-order chi connectivity index (χ0) is 18.8. The molecule has 136 valence electrons. The number of H-pyrrole nitrogens is 1. The fourth-order valence-corrected chi connectivity index (χ4v) is 3.51. The number of amides is 1. The van der Waals surface area contributed by atoms with E-state index in [9.17, 15) is 18.8 Å². The lowest BCUT2D eigenvalue weighted by molar-refractivity contribution is 0.0609. The van der Waals surface area contributed by atoms with Crippen LogP contribution in [0.15, 0.2) is 35.1 Å². The fourth-order valence-electron chi connectivity index (χ4n) is 3.51. The number of piperidine rings is 1. The largest absolute Gasteiger partial charge is 0.331 e. The van der Waals surface area contributed by atoms with Gasteiger partial charge in [0, 0.05) is 17.8 Å². The Morgan fingerprint density at radius 3 is 2.50 bits per heavy atom. The minimum atomic E-state index is -0.499. The standard InChI is InChI=1S/C20H21FN2O3/c1-12-16(13(2)24)11-17(19(25)22-12)20(26)23-10-4-3-5-18(23)14-6-8-15(21)9-7-14/h6-9,11,18H,3-5,10H2,1-2H3,(H,22,25). The molecule has 3 rings (SSSR count). The third kappa shape index (κ3) is 3.45. The minimum Gasteiger partial charge on any atom is -0.331 e. The summed E-state index contributed by atoms with van der Waals surface area (Å²) in [7, 11) is 0. The van der Waals surface area contributed by atoms with E-state index in [1.165, 1.54) is 25.1 Å². The van der Waals surface area contributed by atoms with Crippen molar-refractivity contribution < 1.29 is 14.0 Å². The van der Waals surface area contributed by atoms with Crippen LogP contribution in [0.5, 0.6) is 0 Å². The highest BCUT2D eigenvalue weighted by Gasteiger charge is 2.30. The van der Waals surface area contributed by atoms with Gasteiger partial charge in [0.1, 0.15) is 11.4 Å². The molecular formula is C20H21FN2O3. The van der Waals surface area contributed by atoms with E-state index in [1.54, 1.807) is 24.0 Å². The number of ketones is 1. The Kier molecular flexibility index (Phi) is 5.02. The first-order valence-corrected chi connectivity index (χ1v) is 8.70. The van der Waals surface area contributed by atoms with Crippen molar-refractivity contribution in [1.82, 2.24) is 9.88 Å². The predicted octanol–water partition coefficient (Wildman–Crippen LogP) is 3.39. The van der Waals surface area contributed by atoms with Crippen molar-refractivity contribution in [3.05, 3.63) is 68.9 Å². The van der Waals surface area contributed by atoms with Crippen LogP contribution < -0.4 is 5.56 Å². The number of aromatic nitrogens is 1. The van der Waals surface area contributed by atoms with Crippen molar-refractivity contribution in [3.63, 3.8) is 0 Å². The number of Topliss-reactive ketones (excluding diaryl/α,β-unsaturated/α-hetero) is 1. The van der Waals surface area contributed by atoms with Crippen LogP contribution in [0.2, 0.25) is 0 Å². The summed E-state index contributed by atoms with van der Waals surface area (Å²) < 4.78 is 13.2. The Bertz CT molecular complexity index is 902. The lowest BCUT2D eigenvalue weighted by Gasteiger charge is -2.36. The lowest BCUT2D eigenvalue weighted by Crippen LogP contribution is -2.41. The number of aryl methyl sites for hydroxylation is 1. The van der Waals surface area contributed by atoms with Crippen LogP contribution in [-0.2, 0) is 0 Å². The van der Waals surface area contributed by atoms with Gasteiger partial charge in [-0.3, -0.25) is 14.4 Å². The number of carbonyl (C=O) groups excluding carboxylic acids is 2. The molecule has 0 saturated carbocycles. The maximum atomic E-state index is 13.2. The van der Waals surface area contributed by atoms with E-state index in [2.05, 4.69) is 4.98 Å². The normalized spacial score (nSPS) is 17.2. The van der Waals surface area contributed by atoms with Crippen LogP contribution in [0.3, 0.4) is 0 Å². The third-order valence-electron chi connectivity index (χ3n) is 4.87. The quantitative estimate of drug-likeness (QED) is 0.857. The Hall–Kier alpha value is -2.76. The number of aromatic amines is 1. The van der Waals surface area contributed by atoms with Crippen molar-refractivity contribution in [3.8, 4) is 0 Å². The highest BCUT2D eigenvalue weighted by molar-refractivity contribution is 6.00. The Morgan fingerprint density at radius 1 is 1.15 bits per heavy atom. The first-order chi connectivity index (χ1) is 12.4. The van der Waals surface area contributed by atoms with E-state index in [-0.39, 0.29) is 23.2 Å². The summed E-state index contributed by atoms with van der Waals surface area (Å²) in [5.74, 6) is -0.937. The Labute approximate surface area is 150 Å². The minimum absolute atomic E-state index is 0.0326. The molecule has 1 saturated heterocycles. The highest BCUT2D eigenvalue weighted by Crippen LogP contribution is 2.32. The Balaban J connectivity index is 1.99. The molecule has 1 aliphatic rings. The van der Waals surface area contributed by atoms with Gasteiger partial charge in [0.15, 0.2) is 5.78 Å². The summed E-state index contributed by atoms with van der Waals surface area (Å²) in [6, 6.07) is 7.27. The van der Waals surface area contributed by atoms with Gasteiger partial charge in [-0.2, -0.15) is 0 Å². The second-order valence-corrected chi connectivity index (χ2v) is 6.67. The zero-order valence-electron chi connectivity index (χ0n) is 14.8. The summed E-state index contributed by atoms with van der Waals surface area (Å²) in [5, 5.41) is 0. The molecule has 6 heteroatoms. The average molecular weight is 356 g/mol. The number of nitrogens with zero attached hydrogens (tertiary/aromatic N) is 1. The predicted molar refractivity (Wildman–Crippen MR) is 95.8 cm³/mol. The molecular weight excluding hydrogens is 335 g/mol. The molecule has 26 heavy (non-hydrogen) atoms. The van der Waals surface area contributed by atoms with Crippen LogP contribution in [-0.4, -0.2) is 28.1 Å². The highest BCUT2D eigenvalue weighted by atomic mass is 19.1. The first kappa shape index (κ1) is 18.0. The smallest absolute Gasteiger partial charge is 0.261 e. The number of benzene rings is 1. The number of rotatable bonds is 3. The SMILES string of the molecule is CC(=O)c1cc(C(=O)N2CCCCC2c2ccc(F)cc2)c(=O)[nH]c1C. The average Bonchev–Trinajstić information content (AvgIpc) is 2.61. The Morgan fingerprint density at radius 2 is 1.85 bits per heavy atom. The van der Waals surface area contributed by atoms with Gasteiger partial charge in [-0.15, -0.1) is 0 Å². The topological polar surface area (TPSA) is 70.2 Å². The van der Waals surface area contributed by atoms with Crippen molar-refractivity contribution in [2.75, 3.05) is 6.54 Å². The van der Waals surface area contributed by atoms with Crippen molar-refractivity contribution >= 4 is 11.7 Å². The summed E-state index contributed by atoms with van der Waals surface area (Å²) in [6.45, 7) is 3.55. The van der Waals surface area contributed by atoms with Gasteiger partial charge in [0.2, 0.25) is 0 Å². The molecule has 0 radical (unpaired) electrons. The number of halogens is 1. The molecule has 1 unspecified atom stereocenters. The van der Waals surface area contributed by atoms with Gasteiger partial charge < -0.3 is 9.88 Å². The van der Waals surface area contributed by atoms with Crippen LogP contribution in [0.1, 0.15) is 64.2 Å². The van der Waals surface area contributed by atoms with Gasteiger partial charge in [-0.1, -0.05) is 12.1 Å². The van der Waals surface area contributed by atoms with E-state index < -0.39 is 11.5 Å². The summed E-state index contributed by atoms with van der Waals surface area (Å²) in [4.78, 5) is 41.4. The molecule has 1 aliphatic heterocycles. The molecule has 1 aromatic heterocycles. The number of pyridine rings is 1. The van der Waals surface area contributed by atoms with Crippen LogP contribution in [0.4, 0.5) is 4.39 Å². The number of hydrogen-bond donors (Lipinski definition) is 1. The fraction of sp³-hybridized carbons (Fsp3) is 0.350. The number of likely N-dealkylation sites (tertiary alicyclic amines) is 1. The first-order valence-electron chi connectivity index (χ1n) is 8.70. The maximum absolute atomic E-state index is 13.2. The molecule has 0 spiro atoms. The number of nitrogens with one attached hydrogen (secondary N) is 1. The van der Waals surface area contributed by atoms with Gasteiger partial charge in [0.05, 0.1) is 6.04 Å². The molecule has 1 atom stereocenters.